The van der Waals surface area contributed by atoms with Gasteiger partial charge in [0.15, 0.2) is 5.65 Å². The second kappa shape index (κ2) is 6.45. The molecule has 3 heterocycles. The lowest BCUT2D eigenvalue weighted by Gasteiger charge is -2.09. The predicted molar refractivity (Wildman–Crippen MR) is 99.1 cm³/mol. The highest BCUT2D eigenvalue weighted by Gasteiger charge is 2.13. The van der Waals surface area contributed by atoms with Gasteiger partial charge in [0.2, 0.25) is 0 Å². The molecule has 2 N–H and O–H groups in total. The first-order valence-electron chi connectivity index (χ1n) is 8.32. The Hall–Kier alpha value is -3.05. The molecular formula is C20H19N5. The van der Waals surface area contributed by atoms with E-state index in [-0.39, 0.29) is 5.92 Å². The van der Waals surface area contributed by atoms with Crippen LogP contribution in [-0.4, -0.2) is 26.1 Å². The largest absolute Gasteiger partial charge is 0.330 e. The summed E-state index contributed by atoms with van der Waals surface area (Å²) in [4.78, 5) is 9.33. The number of rotatable bonds is 4. The van der Waals surface area contributed by atoms with Crippen molar-refractivity contribution in [2.45, 2.75) is 12.8 Å². The number of nitrogens with zero attached hydrogens (tertiary/aromatic N) is 4. The summed E-state index contributed by atoms with van der Waals surface area (Å²) in [6.07, 6.45) is 5.57. The van der Waals surface area contributed by atoms with Crippen molar-refractivity contribution in [3.63, 3.8) is 0 Å². The van der Waals surface area contributed by atoms with E-state index in [1.165, 1.54) is 5.56 Å². The lowest BCUT2D eigenvalue weighted by molar-refractivity contribution is 0.773. The molecule has 0 aliphatic rings. The molecule has 0 spiro atoms. The Balaban J connectivity index is 1.83. The van der Waals surface area contributed by atoms with Gasteiger partial charge in [-0.2, -0.15) is 5.10 Å². The van der Waals surface area contributed by atoms with Crippen LogP contribution in [0.5, 0.6) is 0 Å². The highest BCUT2D eigenvalue weighted by Crippen LogP contribution is 2.26. The van der Waals surface area contributed by atoms with Crippen molar-refractivity contribution < 1.29 is 0 Å². The van der Waals surface area contributed by atoms with Gasteiger partial charge < -0.3 is 5.73 Å². The van der Waals surface area contributed by atoms with Gasteiger partial charge >= 0.3 is 0 Å². The third-order valence-corrected chi connectivity index (χ3v) is 4.42. The minimum Gasteiger partial charge on any atom is -0.330 e. The maximum atomic E-state index is 5.80. The van der Waals surface area contributed by atoms with Gasteiger partial charge in [-0.05, 0) is 36.2 Å². The molecule has 0 amide bonds. The summed E-state index contributed by atoms with van der Waals surface area (Å²) in [7, 11) is 0. The average molecular weight is 329 g/mol. The molecule has 0 radical (unpaired) electrons. The Morgan fingerprint density at radius 1 is 1.08 bits per heavy atom. The van der Waals surface area contributed by atoms with Gasteiger partial charge in [0.05, 0.1) is 23.1 Å². The summed E-state index contributed by atoms with van der Waals surface area (Å²) in [5, 5.41) is 4.41. The van der Waals surface area contributed by atoms with Crippen LogP contribution < -0.4 is 5.73 Å². The van der Waals surface area contributed by atoms with E-state index in [1.807, 2.05) is 48.9 Å². The number of benzene rings is 1. The summed E-state index contributed by atoms with van der Waals surface area (Å²) in [6.45, 7) is 2.72. The quantitative estimate of drug-likeness (QED) is 0.622. The van der Waals surface area contributed by atoms with E-state index in [4.69, 9.17) is 10.7 Å². The lowest BCUT2D eigenvalue weighted by atomic mass is 10.0. The molecule has 0 aliphatic carbocycles. The van der Waals surface area contributed by atoms with Gasteiger partial charge in [-0.1, -0.05) is 37.3 Å². The molecule has 4 rings (SSSR count). The lowest BCUT2D eigenvalue weighted by Crippen LogP contribution is -2.09. The van der Waals surface area contributed by atoms with E-state index in [0.717, 1.165) is 28.2 Å². The highest BCUT2D eigenvalue weighted by atomic mass is 15.2. The van der Waals surface area contributed by atoms with E-state index in [2.05, 4.69) is 35.2 Å². The monoisotopic (exact) mass is 329 g/mol. The van der Waals surface area contributed by atoms with Gasteiger partial charge in [-0.25, -0.2) is 9.50 Å². The molecule has 1 unspecified atom stereocenters. The molecule has 0 saturated heterocycles. The molecule has 3 aromatic heterocycles. The average Bonchev–Trinajstić information content (AvgIpc) is 3.11. The summed E-state index contributed by atoms with van der Waals surface area (Å²) in [6, 6.07) is 16.2. The third kappa shape index (κ3) is 2.90. The SMILES string of the molecule is CC(CN)c1ccnc(-c2cnn3ccc(-c4ccccc4)nc23)c1. The number of pyridine rings is 1. The minimum absolute atomic E-state index is 0.288. The Kier molecular flexibility index (Phi) is 3.99. The Morgan fingerprint density at radius 2 is 1.92 bits per heavy atom. The molecule has 124 valence electrons. The topological polar surface area (TPSA) is 69.1 Å². The molecule has 0 bridgehead atoms. The van der Waals surface area contributed by atoms with Crippen molar-refractivity contribution in [1.82, 2.24) is 19.6 Å². The van der Waals surface area contributed by atoms with Crippen LogP contribution in [-0.2, 0) is 0 Å². The number of aromatic nitrogens is 4. The van der Waals surface area contributed by atoms with Crippen molar-refractivity contribution in [1.29, 1.82) is 0 Å². The molecule has 0 fully saturated rings. The summed E-state index contributed by atoms with van der Waals surface area (Å²) >= 11 is 0. The molecule has 5 nitrogen and oxygen atoms in total. The molecule has 0 aliphatic heterocycles. The zero-order valence-corrected chi connectivity index (χ0v) is 14.0. The zero-order chi connectivity index (χ0) is 17.2. The first-order valence-corrected chi connectivity index (χ1v) is 8.32. The second-order valence-electron chi connectivity index (χ2n) is 6.12. The highest BCUT2D eigenvalue weighted by molar-refractivity contribution is 5.76. The molecule has 0 saturated carbocycles. The first kappa shape index (κ1) is 15.5. The fourth-order valence-corrected chi connectivity index (χ4v) is 2.86. The molecular weight excluding hydrogens is 310 g/mol. The summed E-state index contributed by atoms with van der Waals surface area (Å²) in [5.41, 5.74) is 11.6. The maximum Gasteiger partial charge on any atom is 0.164 e. The zero-order valence-electron chi connectivity index (χ0n) is 14.0. The van der Waals surface area contributed by atoms with E-state index in [0.29, 0.717) is 6.54 Å². The van der Waals surface area contributed by atoms with Crippen LogP contribution >= 0.6 is 0 Å². The van der Waals surface area contributed by atoms with Crippen molar-refractivity contribution in [3.8, 4) is 22.5 Å². The second-order valence-corrected chi connectivity index (χ2v) is 6.12. The number of fused-ring (bicyclic) bond motifs is 1. The third-order valence-electron chi connectivity index (χ3n) is 4.42. The predicted octanol–water partition coefficient (Wildman–Crippen LogP) is 3.52. The van der Waals surface area contributed by atoms with E-state index in [1.54, 1.807) is 4.52 Å². The molecule has 5 heteroatoms. The van der Waals surface area contributed by atoms with Crippen LogP contribution in [0.1, 0.15) is 18.4 Å². The summed E-state index contributed by atoms with van der Waals surface area (Å²) < 4.78 is 1.78. The van der Waals surface area contributed by atoms with E-state index < -0.39 is 0 Å². The van der Waals surface area contributed by atoms with Gasteiger partial charge in [0.1, 0.15) is 0 Å². The number of hydrogen-bond acceptors (Lipinski definition) is 4. The van der Waals surface area contributed by atoms with Crippen molar-refractivity contribution in [2.75, 3.05) is 6.54 Å². The summed E-state index contributed by atoms with van der Waals surface area (Å²) in [5.74, 6) is 0.288. The minimum atomic E-state index is 0.288. The Bertz CT molecular complexity index is 1010. The van der Waals surface area contributed by atoms with Crippen LogP contribution in [0.2, 0.25) is 0 Å². The fourth-order valence-electron chi connectivity index (χ4n) is 2.86. The van der Waals surface area contributed by atoms with Crippen molar-refractivity contribution in [2.24, 2.45) is 5.73 Å². The number of hydrogen-bond donors (Lipinski definition) is 1. The van der Waals surface area contributed by atoms with Gasteiger partial charge in [0.25, 0.3) is 0 Å². The maximum absolute atomic E-state index is 5.80. The van der Waals surface area contributed by atoms with Crippen LogP contribution in [0, 0.1) is 0 Å². The van der Waals surface area contributed by atoms with Gasteiger partial charge in [-0.15, -0.1) is 0 Å². The van der Waals surface area contributed by atoms with E-state index in [9.17, 15) is 0 Å². The van der Waals surface area contributed by atoms with Crippen LogP contribution in [0.15, 0.2) is 67.1 Å². The standard InChI is InChI=1S/C20H19N5/c1-14(12-21)16-7-9-22-19(11-16)17-13-23-25-10-8-18(24-20(17)25)15-5-3-2-4-6-15/h2-11,13-14H,12,21H2,1H3. The Morgan fingerprint density at radius 3 is 2.72 bits per heavy atom. The molecule has 1 aromatic carbocycles. The first-order chi connectivity index (χ1) is 12.3. The molecule has 25 heavy (non-hydrogen) atoms. The van der Waals surface area contributed by atoms with Crippen LogP contribution in [0.25, 0.3) is 28.2 Å². The normalized spacial score (nSPS) is 12.4. The van der Waals surface area contributed by atoms with Gasteiger partial charge in [-0.3, -0.25) is 4.98 Å². The Labute approximate surface area is 146 Å². The molecule has 1 atom stereocenters. The molecule has 4 aromatic rings. The van der Waals surface area contributed by atoms with Gasteiger partial charge in [0, 0.05) is 18.0 Å². The van der Waals surface area contributed by atoms with Crippen molar-refractivity contribution in [3.05, 3.63) is 72.7 Å². The van der Waals surface area contributed by atoms with E-state index >= 15 is 0 Å². The van der Waals surface area contributed by atoms with Crippen molar-refractivity contribution >= 4 is 5.65 Å². The fraction of sp³-hybridized carbons (Fsp3) is 0.150. The van der Waals surface area contributed by atoms with Crippen LogP contribution in [0.4, 0.5) is 0 Å². The smallest absolute Gasteiger partial charge is 0.164 e. The van der Waals surface area contributed by atoms with Crippen LogP contribution in [0.3, 0.4) is 0 Å². The number of nitrogens with two attached hydrogens (primary N) is 1.